The molecule has 2 rings (SSSR count). The molecule has 0 radical (unpaired) electrons. The molecule has 1 aromatic heterocycles. The Hall–Kier alpha value is -1.88. The minimum Gasteiger partial charge on any atom is -0.356 e. The molecule has 0 saturated carbocycles. The lowest BCUT2D eigenvalue weighted by Gasteiger charge is -2.19. The van der Waals surface area contributed by atoms with Gasteiger partial charge in [-0.2, -0.15) is 0 Å². The third-order valence-electron chi connectivity index (χ3n) is 3.88. The third kappa shape index (κ3) is 4.79. The van der Waals surface area contributed by atoms with E-state index >= 15 is 0 Å². The van der Waals surface area contributed by atoms with E-state index in [0.29, 0.717) is 0 Å². The molecule has 0 aliphatic carbocycles. The first kappa shape index (κ1) is 17.5. The van der Waals surface area contributed by atoms with Crippen molar-refractivity contribution in [1.82, 2.24) is 15.6 Å². The number of hydrogen-bond acceptors (Lipinski definition) is 3. The number of nitrogens with one attached hydrogen (secondary N) is 2. The number of aryl methyl sites for hydroxylation is 3. The van der Waals surface area contributed by atoms with Crippen molar-refractivity contribution in [2.24, 2.45) is 4.99 Å². The van der Waals surface area contributed by atoms with Gasteiger partial charge < -0.3 is 10.6 Å². The quantitative estimate of drug-likeness (QED) is 0.651. The summed E-state index contributed by atoms with van der Waals surface area (Å²) >= 11 is 1.77. The van der Waals surface area contributed by atoms with Crippen molar-refractivity contribution in [2.75, 3.05) is 13.6 Å². The van der Waals surface area contributed by atoms with Gasteiger partial charge in [0.15, 0.2) is 5.96 Å². The van der Waals surface area contributed by atoms with E-state index in [4.69, 9.17) is 0 Å². The van der Waals surface area contributed by atoms with Crippen molar-refractivity contribution in [1.29, 1.82) is 0 Å². The molecule has 1 atom stereocenters. The monoisotopic (exact) mass is 330 g/mol. The van der Waals surface area contributed by atoms with Crippen molar-refractivity contribution in [2.45, 2.75) is 40.2 Å². The highest BCUT2D eigenvalue weighted by atomic mass is 32.1. The van der Waals surface area contributed by atoms with E-state index in [-0.39, 0.29) is 6.04 Å². The number of aromatic nitrogens is 1. The summed E-state index contributed by atoms with van der Waals surface area (Å²) < 4.78 is 0. The summed E-state index contributed by atoms with van der Waals surface area (Å²) in [6.07, 6.45) is 0.969. The van der Waals surface area contributed by atoms with Crippen LogP contribution in [0.3, 0.4) is 0 Å². The van der Waals surface area contributed by atoms with Gasteiger partial charge in [0.25, 0.3) is 0 Å². The number of benzene rings is 1. The first-order valence-electron chi connectivity index (χ1n) is 7.97. The van der Waals surface area contributed by atoms with Crippen LogP contribution in [0.1, 0.15) is 39.7 Å². The Kier molecular flexibility index (Phi) is 6.16. The van der Waals surface area contributed by atoms with E-state index in [1.165, 1.54) is 16.0 Å². The molecule has 1 aromatic carbocycles. The van der Waals surface area contributed by atoms with Gasteiger partial charge >= 0.3 is 0 Å². The SMILES string of the molecule is CN=C(NCCc1sc(C)nc1C)NC(C)c1ccccc1C. The fourth-order valence-electron chi connectivity index (χ4n) is 2.65. The Morgan fingerprint density at radius 1 is 1.26 bits per heavy atom. The molecule has 23 heavy (non-hydrogen) atoms. The molecule has 0 spiro atoms. The van der Waals surface area contributed by atoms with Crippen molar-refractivity contribution >= 4 is 17.3 Å². The van der Waals surface area contributed by atoms with E-state index in [1.54, 1.807) is 11.3 Å². The summed E-state index contributed by atoms with van der Waals surface area (Å²) in [6.45, 7) is 9.28. The lowest BCUT2D eigenvalue weighted by atomic mass is 10.0. The molecule has 2 aromatic rings. The van der Waals surface area contributed by atoms with Crippen molar-refractivity contribution in [3.63, 3.8) is 0 Å². The van der Waals surface area contributed by atoms with E-state index in [2.05, 4.69) is 72.6 Å². The van der Waals surface area contributed by atoms with Crippen LogP contribution in [-0.4, -0.2) is 24.5 Å². The number of nitrogens with zero attached hydrogens (tertiary/aromatic N) is 2. The molecule has 2 N–H and O–H groups in total. The minimum atomic E-state index is 0.217. The van der Waals surface area contributed by atoms with Crippen molar-refractivity contribution in [3.05, 3.63) is 51.0 Å². The third-order valence-corrected chi connectivity index (χ3v) is 5.01. The molecular formula is C18H26N4S. The van der Waals surface area contributed by atoms with Gasteiger partial charge in [-0.1, -0.05) is 24.3 Å². The molecule has 0 amide bonds. The highest BCUT2D eigenvalue weighted by Gasteiger charge is 2.10. The predicted molar refractivity (Wildman–Crippen MR) is 99.4 cm³/mol. The largest absolute Gasteiger partial charge is 0.356 e. The summed E-state index contributed by atoms with van der Waals surface area (Å²) in [5.74, 6) is 0.833. The van der Waals surface area contributed by atoms with Crippen LogP contribution in [0, 0.1) is 20.8 Å². The van der Waals surface area contributed by atoms with E-state index in [9.17, 15) is 0 Å². The van der Waals surface area contributed by atoms with Gasteiger partial charge in [0.2, 0.25) is 0 Å². The lowest BCUT2D eigenvalue weighted by Crippen LogP contribution is -2.39. The average Bonchev–Trinajstić information content (AvgIpc) is 2.84. The maximum absolute atomic E-state index is 4.47. The Bertz CT molecular complexity index is 675. The Balaban J connectivity index is 1.88. The van der Waals surface area contributed by atoms with E-state index < -0.39 is 0 Å². The fourth-order valence-corrected chi connectivity index (χ4v) is 3.59. The molecule has 1 heterocycles. The van der Waals surface area contributed by atoms with Crippen LogP contribution in [0.4, 0.5) is 0 Å². The molecule has 0 fully saturated rings. The summed E-state index contributed by atoms with van der Waals surface area (Å²) in [4.78, 5) is 10.1. The summed E-state index contributed by atoms with van der Waals surface area (Å²) in [6, 6.07) is 8.65. The second-order valence-electron chi connectivity index (χ2n) is 5.71. The molecular weight excluding hydrogens is 304 g/mol. The molecule has 0 aliphatic rings. The maximum Gasteiger partial charge on any atom is 0.191 e. The average molecular weight is 331 g/mol. The van der Waals surface area contributed by atoms with Crippen molar-refractivity contribution < 1.29 is 0 Å². The first-order valence-corrected chi connectivity index (χ1v) is 8.78. The highest BCUT2D eigenvalue weighted by Crippen LogP contribution is 2.18. The summed E-state index contributed by atoms with van der Waals surface area (Å²) in [5, 5.41) is 7.98. The molecule has 0 saturated heterocycles. The molecule has 124 valence electrons. The Labute approximate surface area is 143 Å². The second-order valence-corrected chi connectivity index (χ2v) is 7.00. The number of aliphatic imine (C=N–C) groups is 1. The van der Waals surface area contributed by atoms with Crippen LogP contribution in [-0.2, 0) is 6.42 Å². The molecule has 0 aliphatic heterocycles. The van der Waals surface area contributed by atoms with Gasteiger partial charge in [0.1, 0.15) is 0 Å². The van der Waals surface area contributed by atoms with Gasteiger partial charge in [-0.25, -0.2) is 4.98 Å². The topological polar surface area (TPSA) is 49.3 Å². The first-order chi connectivity index (χ1) is 11.0. The zero-order valence-corrected chi connectivity index (χ0v) is 15.4. The highest BCUT2D eigenvalue weighted by molar-refractivity contribution is 7.11. The van der Waals surface area contributed by atoms with Gasteiger partial charge in [0.05, 0.1) is 16.7 Å². The standard InChI is InChI=1S/C18H26N4S/c1-12-8-6-7-9-16(12)13(2)22-18(19-5)20-11-10-17-14(3)21-15(4)23-17/h6-9,13H,10-11H2,1-5H3,(H2,19,20,22). The Morgan fingerprint density at radius 3 is 2.61 bits per heavy atom. The predicted octanol–water partition coefficient (Wildman–Crippen LogP) is 3.54. The van der Waals surface area contributed by atoms with Gasteiger partial charge in [-0.05, 0) is 38.8 Å². The van der Waals surface area contributed by atoms with Crippen LogP contribution in [0.2, 0.25) is 0 Å². The van der Waals surface area contributed by atoms with Gasteiger partial charge in [-0.3, -0.25) is 4.99 Å². The fraction of sp³-hybridized carbons (Fsp3) is 0.444. The van der Waals surface area contributed by atoms with Gasteiger partial charge in [0, 0.05) is 24.9 Å². The zero-order chi connectivity index (χ0) is 16.8. The second kappa shape index (κ2) is 8.11. The van der Waals surface area contributed by atoms with Crippen LogP contribution in [0.25, 0.3) is 0 Å². The van der Waals surface area contributed by atoms with Crippen molar-refractivity contribution in [3.8, 4) is 0 Å². The smallest absolute Gasteiger partial charge is 0.191 e. The zero-order valence-electron chi connectivity index (χ0n) is 14.6. The minimum absolute atomic E-state index is 0.217. The summed E-state index contributed by atoms with van der Waals surface area (Å²) in [5.41, 5.74) is 3.73. The number of rotatable bonds is 5. The van der Waals surface area contributed by atoms with Crippen LogP contribution >= 0.6 is 11.3 Å². The number of guanidine groups is 1. The van der Waals surface area contributed by atoms with E-state index in [0.717, 1.165) is 29.6 Å². The normalized spacial score (nSPS) is 13.0. The number of hydrogen-bond donors (Lipinski definition) is 2. The van der Waals surface area contributed by atoms with E-state index in [1.807, 2.05) is 7.05 Å². The number of thiazole rings is 1. The lowest BCUT2D eigenvalue weighted by molar-refractivity contribution is 0.681. The molecule has 0 bridgehead atoms. The molecule has 4 nitrogen and oxygen atoms in total. The summed E-state index contributed by atoms with van der Waals surface area (Å²) in [7, 11) is 1.81. The maximum atomic E-state index is 4.47. The van der Waals surface area contributed by atoms with Crippen LogP contribution in [0.5, 0.6) is 0 Å². The Morgan fingerprint density at radius 2 is 2.00 bits per heavy atom. The molecule has 1 unspecified atom stereocenters. The van der Waals surface area contributed by atoms with Crippen LogP contribution in [0.15, 0.2) is 29.3 Å². The van der Waals surface area contributed by atoms with Crippen LogP contribution < -0.4 is 10.6 Å². The molecule has 5 heteroatoms. The van der Waals surface area contributed by atoms with Gasteiger partial charge in [-0.15, -0.1) is 11.3 Å².